The number of likely N-dealkylation sites (N-methyl/N-ethyl adjacent to an activating group) is 1. The molecule has 3 aromatic rings. The van der Waals surface area contributed by atoms with Crippen molar-refractivity contribution in [2.24, 2.45) is 17.2 Å². The van der Waals surface area contributed by atoms with Gasteiger partial charge in [0.2, 0.25) is 11.8 Å². The van der Waals surface area contributed by atoms with E-state index in [9.17, 15) is 48.6 Å². The third-order valence-electron chi connectivity index (χ3n) is 9.22. The van der Waals surface area contributed by atoms with Crippen LogP contribution in [-0.4, -0.2) is 156 Å². The van der Waals surface area contributed by atoms with Gasteiger partial charge in [-0.2, -0.15) is 0 Å². The number of phenols is 6. The zero-order valence-corrected chi connectivity index (χ0v) is 60.5. The first-order valence-corrected chi connectivity index (χ1v) is 29.4. The summed E-state index contributed by atoms with van der Waals surface area (Å²) in [5.41, 5.74) is 19.9. The number of ketones is 4. The molecular weight excluding hydrogens is 1280 g/mol. The van der Waals surface area contributed by atoms with E-state index in [1.54, 1.807) is 59.9 Å². The van der Waals surface area contributed by atoms with Crippen molar-refractivity contribution >= 4 is 70.8 Å². The van der Waals surface area contributed by atoms with Crippen LogP contribution in [0.4, 0.5) is 0 Å². The molecule has 28 heteroatoms. The monoisotopic (exact) mass is 1390 g/mol. The molecule has 2 amide bonds. The number of phenolic OH excluding ortho intramolecular Hbond substituents is 6. The Balaban J connectivity index is -0.0000000954. The van der Waals surface area contributed by atoms with Gasteiger partial charge in [0.25, 0.3) is 23.9 Å². The molecule has 3 rings (SSSR count). The van der Waals surface area contributed by atoms with E-state index in [0.29, 0.717) is 73.9 Å². The standard InChI is InChI=1S/C11H14O3.C10H13NO3.C8H11NO2.C8H10O3.3C6H10O.C5H9NO.4C2H4O2.2CH5N/c1-8(12)3-2-4-9-5-6-10(13)11(14)7-9;1-7(12)11-5-4-8-2-3-9(13)10(14)6-8;9-4-3-6-1-2-7(10)8(11)5-6;1-5(2)7(9)11-8(10)6(3)4;3*1-4-6(7)5(2)3;1-4(2)5(7)6-3;4*1-2(3)4;2*1-2/h5-7,13-14H,2-4H2,1H3;2-3,6,13-14H,4-5H2,1H3,(H,11,12);1-2,5,10-11H,3-4,9H2;1,3H2,2,4H3;3*2,4H2,1,3H3;1H2,2-3H3,(H,6,7);4*1H3,(H,3,4);2*2H2,1H3. The fourth-order valence-corrected chi connectivity index (χ4v) is 4.64. The van der Waals surface area contributed by atoms with Crippen LogP contribution >= 0.6 is 0 Å². The van der Waals surface area contributed by atoms with Crippen LogP contribution in [0.3, 0.4) is 0 Å². The number of rotatable bonds is 18. The number of aromatic hydroxyl groups is 6. The number of hydrogen-bond acceptors (Lipinski definition) is 22. The minimum atomic E-state index is -0.833. The molecule has 28 nitrogen and oxygen atoms in total. The highest BCUT2D eigenvalue weighted by molar-refractivity contribution is 6.00. The van der Waals surface area contributed by atoms with E-state index >= 15 is 0 Å². The number of allylic oxidation sites excluding steroid dienone is 3. The van der Waals surface area contributed by atoms with Crippen LogP contribution < -0.4 is 27.8 Å². The van der Waals surface area contributed by atoms with Gasteiger partial charge in [0.1, 0.15) is 5.78 Å². The highest BCUT2D eigenvalue weighted by Crippen LogP contribution is 2.27. The number of carboxylic acids is 4. The number of esters is 2. The third kappa shape index (κ3) is 96.5. The summed E-state index contributed by atoms with van der Waals surface area (Å²) in [5, 5.41) is 89.2. The van der Waals surface area contributed by atoms with Gasteiger partial charge in [-0.25, -0.2) is 9.59 Å². The summed E-state index contributed by atoms with van der Waals surface area (Å²) in [6, 6.07) is 14.1. The minimum absolute atomic E-state index is 0.0759. The maximum Gasteiger partial charge on any atom is 0.340 e. The van der Waals surface area contributed by atoms with Crippen molar-refractivity contribution in [3.8, 4) is 34.5 Å². The van der Waals surface area contributed by atoms with Crippen molar-refractivity contribution in [3.05, 3.63) is 144 Å². The van der Waals surface area contributed by atoms with Gasteiger partial charge >= 0.3 is 11.9 Å². The fraction of sp³-hybridized carbons (Fsp3) is 0.400. The molecule has 98 heavy (non-hydrogen) atoms. The highest BCUT2D eigenvalue weighted by Gasteiger charge is 2.11. The molecule has 0 saturated carbocycles. The Hall–Kier alpha value is -10.6. The highest BCUT2D eigenvalue weighted by atomic mass is 16.6. The van der Waals surface area contributed by atoms with Gasteiger partial charge in [-0.1, -0.05) is 78.4 Å². The summed E-state index contributed by atoms with van der Waals surface area (Å²) in [5.74, 6) is -4.96. The van der Waals surface area contributed by atoms with E-state index in [4.69, 9.17) is 65.8 Å². The first-order valence-electron chi connectivity index (χ1n) is 29.4. The summed E-state index contributed by atoms with van der Waals surface area (Å²) < 4.78 is 4.30. The number of aliphatic carboxylic acids is 4. The zero-order valence-electron chi connectivity index (χ0n) is 60.5. The van der Waals surface area contributed by atoms with E-state index in [2.05, 4.69) is 66.3 Å². The van der Waals surface area contributed by atoms with E-state index < -0.39 is 35.8 Å². The summed E-state index contributed by atoms with van der Waals surface area (Å²) in [4.78, 5) is 120. The molecule has 0 fully saturated rings. The first kappa shape index (κ1) is 112. The molecule has 556 valence electrons. The number of nitrogens with two attached hydrogens (primary N) is 3. The number of benzene rings is 3. The Morgan fingerprint density at radius 3 is 0.827 bits per heavy atom. The van der Waals surface area contributed by atoms with Gasteiger partial charge in [-0.3, -0.25) is 43.2 Å². The topological polar surface area (TPSA) is 518 Å². The van der Waals surface area contributed by atoms with Crippen LogP contribution in [-0.2, 0) is 81.5 Å². The maximum absolute atomic E-state index is 10.7. The molecule has 0 heterocycles. The van der Waals surface area contributed by atoms with Gasteiger partial charge < -0.3 is 88.4 Å². The van der Waals surface area contributed by atoms with E-state index in [0.717, 1.165) is 57.2 Å². The lowest BCUT2D eigenvalue weighted by Gasteiger charge is -2.04. The Labute approximate surface area is 578 Å². The third-order valence-corrected chi connectivity index (χ3v) is 9.22. The molecule has 0 aliphatic heterocycles. The number of ether oxygens (including phenoxy) is 1. The van der Waals surface area contributed by atoms with Crippen LogP contribution in [0.5, 0.6) is 34.5 Å². The maximum atomic E-state index is 10.7. The second-order valence-electron chi connectivity index (χ2n) is 19.1. The largest absolute Gasteiger partial charge is 0.504 e. The van der Waals surface area contributed by atoms with Crippen molar-refractivity contribution in [2.75, 3.05) is 34.2 Å². The average molecular weight is 1390 g/mol. The molecule has 0 unspecified atom stereocenters. The lowest BCUT2D eigenvalue weighted by Crippen LogP contribution is -2.22. The quantitative estimate of drug-likeness (QED) is 0.0244. The molecule has 0 saturated heterocycles. The average Bonchev–Trinajstić information content (AvgIpc) is 0.923. The summed E-state index contributed by atoms with van der Waals surface area (Å²) in [7, 11) is 4.58. The SMILES string of the molecule is C=C(C)C(=O)CC.C=C(C)C(=O)CC.C=C(C)C(=O)CC.C=C(C)C(=O)NC.C=C(C)C(=O)OC(=O)C(=C)C.CC(=O)CCCc1ccc(O)c(O)c1.CC(=O)NCCc1ccc(O)c(O)c1.CC(=O)O.CC(=O)O.CC(=O)O.CC(=O)O.CN.CN.NCCc1ccc(O)c(O)c1. The number of amides is 2. The van der Waals surface area contributed by atoms with Gasteiger partial charge in [-0.15, -0.1) is 0 Å². The van der Waals surface area contributed by atoms with E-state index in [1.807, 2.05) is 20.8 Å². The van der Waals surface area contributed by atoms with Gasteiger partial charge in [-0.05, 0) is 165 Å². The van der Waals surface area contributed by atoms with Crippen LogP contribution in [0.25, 0.3) is 0 Å². The van der Waals surface area contributed by atoms with E-state index in [-0.39, 0.29) is 80.6 Å². The molecule has 0 radical (unpaired) electrons. The molecule has 3 aromatic carbocycles. The Bertz CT molecular complexity index is 2690. The molecule has 0 atom stereocenters. The Kier molecular flexibility index (Phi) is 84.2. The molecule has 0 aliphatic rings. The van der Waals surface area contributed by atoms with Crippen LogP contribution in [0.1, 0.15) is 153 Å². The normalized spacial score (nSPS) is 8.38. The van der Waals surface area contributed by atoms with Crippen molar-refractivity contribution in [2.45, 2.75) is 155 Å². The predicted molar refractivity (Wildman–Crippen MR) is 381 cm³/mol. The molecule has 0 bridgehead atoms. The summed E-state index contributed by atoms with van der Waals surface area (Å²) >= 11 is 0. The molecule has 0 spiro atoms. The fourth-order valence-electron chi connectivity index (χ4n) is 4.64. The van der Waals surface area contributed by atoms with Crippen molar-refractivity contribution < 1.29 is 113 Å². The van der Waals surface area contributed by atoms with Crippen molar-refractivity contribution in [1.29, 1.82) is 0 Å². The Morgan fingerprint density at radius 1 is 0.408 bits per heavy atom. The number of hydrogen-bond donors (Lipinski definition) is 15. The number of carbonyl (C=O) groups is 12. The number of nitrogens with one attached hydrogen (secondary N) is 2. The zero-order chi connectivity index (χ0) is 80.1. The lowest BCUT2D eigenvalue weighted by atomic mass is 10.1. The molecular formula is C70H113N5O23. The summed E-state index contributed by atoms with van der Waals surface area (Å²) in [6.07, 6.45) is 5.16. The first-order chi connectivity index (χ1) is 45.0. The summed E-state index contributed by atoms with van der Waals surface area (Å²) in [6.45, 7) is 44.2. The molecule has 0 aliphatic carbocycles. The molecule has 0 aromatic heterocycles. The van der Waals surface area contributed by atoms with Crippen molar-refractivity contribution in [1.82, 2.24) is 10.6 Å². The van der Waals surface area contributed by atoms with Crippen LogP contribution in [0.15, 0.2) is 128 Å². The van der Waals surface area contributed by atoms with Crippen LogP contribution in [0, 0.1) is 0 Å². The van der Waals surface area contributed by atoms with E-state index in [1.165, 1.54) is 71.3 Å². The number of aryl methyl sites for hydroxylation is 1. The number of carbonyl (C=O) groups excluding carboxylic acids is 8. The lowest BCUT2D eigenvalue weighted by molar-refractivity contribution is -0.154. The van der Waals surface area contributed by atoms with Gasteiger partial charge in [0.15, 0.2) is 51.8 Å². The molecule has 18 N–H and O–H groups in total. The van der Waals surface area contributed by atoms with Crippen LogP contribution in [0.2, 0.25) is 0 Å². The number of carboxylic acid groups (broad SMARTS) is 4. The van der Waals surface area contributed by atoms with Crippen molar-refractivity contribution in [3.63, 3.8) is 0 Å². The second kappa shape index (κ2) is 73.8. The van der Waals surface area contributed by atoms with Gasteiger partial charge in [0, 0.05) is 90.6 Å². The minimum Gasteiger partial charge on any atom is -0.504 e. The second-order valence-corrected chi connectivity index (χ2v) is 19.1. The van der Waals surface area contributed by atoms with Gasteiger partial charge in [0.05, 0.1) is 0 Å². The number of Topliss-reactive ketones (excluding diaryl/α,β-unsaturated/α-hetero) is 4. The Morgan fingerprint density at radius 2 is 0.663 bits per heavy atom. The smallest absolute Gasteiger partial charge is 0.340 e. The predicted octanol–water partition coefficient (Wildman–Crippen LogP) is 9.04.